The number of ether oxygens (including phenoxy) is 1. The lowest BCUT2D eigenvalue weighted by Gasteiger charge is -2.36. The Morgan fingerprint density at radius 1 is 1.12 bits per heavy atom. The van der Waals surface area contributed by atoms with Gasteiger partial charge in [0.2, 0.25) is 0 Å². The van der Waals surface area contributed by atoms with Crippen molar-refractivity contribution in [2.75, 3.05) is 0 Å². The first kappa shape index (κ1) is 23.3. The zero-order chi connectivity index (χ0) is 23.8. The molecule has 3 aromatic rings. The molecule has 0 aliphatic heterocycles. The Balaban J connectivity index is 1.62. The summed E-state index contributed by atoms with van der Waals surface area (Å²) in [5.74, 6) is 1.36. The van der Waals surface area contributed by atoms with Crippen molar-refractivity contribution in [3.05, 3.63) is 54.1 Å². The van der Waals surface area contributed by atoms with E-state index in [9.17, 15) is 18.0 Å². The van der Waals surface area contributed by atoms with Gasteiger partial charge in [0.25, 0.3) is 0 Å². The predicted molar refractivity (Wildman–Crippen MR) is 121 cm³/mol. The molecule has 1 aliphatic carbocycles. The smallest absolute Gasteiger partial charge is 0.416 e. The van der Waals surface area contributed by atoms with Gasteiger partial charge < -0.3 is 9.30 Å². The molecule has 1 aromatic heterocycles. The summed E-state index contributed by atoms with van der Waals surface area (Å²) in [6, 6.07) is 12.2. The van der Waals surface area contributed by atoms with Gasteiger partial charge in [0.15, 0.2) is 0 Å². The van der Waals surface area contributed by atoms with Gasteiger partial charge in [-0.25, -0.2) is 4.98 Å². The summed E-state index contributed by atoms with van der Waals surface area (Å²) in [5.41, 5.74) is 1.20. The van der Waals surface area contributed by atoms with Gasteiger partial charge in [-0.3, -0.25) is 4.79 Å². The lowest BCUT2D eigenvalue weighted by Crippen LogP contribution is -2.36. The van der Waals surface area contributed by atoms with Crippen LogP contribution in [0.2, 0.25) is 0 Å². The number of imidazole rings is 1. The van der Waals surface area contributed by atoms with E-state index >= 15 is 0 Å². The van der Waals surface area contributed by atoms with Crippen LogP contribution in [0.1, 0.15) is 45.6 Å². The summed E-state index contributed by atoms with van der Waals surface area (Å²) in [4.78, 5) is 17.7. The molecule has 176 valence electrons. The summed E-state index contributed by atoms with van der Waals surface area (Å²) >= 11 is 0. The normalized spacial score (nSPS) is 21.5. The van der Waals surface area contributed by atoms with Crippen molar-refractivity contribution in [1.82, 2.24) is 9.55 Å². The largest absolute Gasteiger partial charge is 0.461 e. The lowest BCUT2D eigenvalue weighted by molar-refractivity contribution is -0.156. The summed E-state index contributed by atoms with van der Waals surface area (Å²) in [5, 5.41) is 0. The first-order valence-electron chi connectivity index (χ1n) is 11.5. The van der Waals surface area contributed by atoms with E-state index in [1.54, 1.807) is 4.57 Å². The highest BCUT2D eigenvalue weighted by molar-refractivity contribution is 5.83. The second-order valence-electron chi connectivity index (χ2n) is 9.44. The van der Waals surface area contributed by atoms with Crippen LogP contribution in [0.4, 0.5) is 13.2 Å². The van der Waals surface area contributed by atoms with Crippen molar-refractivity contribution < 1.29 is 22.7 Å². The van der Waals surface area contributed by atoms with Gasteiger partial charge in [-0.05, 0) is 54.9 Å². The maximum atomic E-state index is 13.0. The molecule has 3 atom stereocenters. The van der Waals surface area contributed by atoms with Crippen molar-refractivity contribution in [3.63, 3.8) is 0 Å². The molecule has 0 spiro atoms. The van der Waals surface area contributed by atoms with E-state index in [-0.39, 0.29) is 18.6 Å². The Labute approximate surface area is 191 Å². The molecule has 4 rings (SSSR count). The fraction of sp³-hybridized carbons (Fsp3) is 0.462. The molecule has 2 aromatic carbocycles. The SMILES string of the molecule is CC1CCC(C(C)C)C(OC(=O)Cn2c(-c3ccc(C(F)(F)F)cc3)nc3ccccc32)C1. The average Bonchev–Trinajstić information content (AvgIpc) is 3.11. The number of alkyl halides is 3. The van der Waals surface area contributed by atoms with Crippen LogP contribution in [0.15, 0.2) is 48.5 Å². The maximum absolute atomic E-state index is 13.0. The fourth-order valence-electron chi connectivity index (χ4n) is 4.85. The average molecular weight is 459 g/mol. The fourth-order valence-corrected chi connectivity index (χ4v) is 4.85. The number of halogens is 3. The molecule has 0 N–H and O–H groups in total. The molecule has 4 nitrogen and oxygen atoms in total. The molecule has 0 radical (unpaired) electrons. The van der Waals surface area contributed by atoms with Crippen molar-refractivity contribution >= 4 is 17.0 Å². The number of carbonyl (C=O) groups excluding carboxylic acids is 1. The van der Waals surface area contributed by atoms with E-state index in [1.807, 2.05) is 24.3 Å². The highest BCUT2D eigenvalue weighted by Gasteiger charge is 2.34. The number of rotatable bonds is 5. The third kappa shape index (κ3) is 5.07. The van der Waals surface area contributed by atoms with Crippen LogP contribution < -0.4 is 0 Å². The summed E-state index contributed by atoms with van der Waals surface area (Å²) in [6.07, 6.45) is -1.49. The second kappa shape index (κ2) is 9.20. The molecule has 1 fully saturated rings. The van der Waals surface area contributed by atoms with Crippen LogP contribution >= 0.6 is 0 Å². The number of para-hydroxylation sites is 2. The van der Waals surface area contributed by atoms with Crippen molar-refractivity contribution in [2.24, 2.45) is 17.8 Å². The van der Waals surface area contributed by atoms with Gasteiger partial charge in [0.05, 0.1) is 16.6 Å². The number of nitrogens with zero attached hydrogens (tertiary/aromatic N) is 2. The minimum absolute atomic E-state index is 0.0490. The van der Waals surface area contributed by atoms with E-state index in [4.69, 9.17) is 4.74 Å². The summed E-state index contributed by atoms with van der Waals surface area (Å²) < 4.78 is 46.7. The molecule has 0 bridgehead atoms. The molecule has 1 aliphatic rings. The van der Waals surface area contributed by atoms with E-state index in [0.717, 1.165) is 36.9 Å². The van der Waals surface area contributed by atoms with Gasteiger partial charge in [0.1, 0.15) is 18.5 Å². The minimum atomic E-state index is -4.41. The lowest BCUT2D eigenvalue weighted by atomic mass is 9.75. The topological polar surface area (TPSA) is 44.1 Å². The zero-order valence-corrected chi connectivity index (χ0v) is 19.1. The molecule has 33 heavy (non-hydrogen) atoms. The van der Waals surface area contributed by atoms with Gasteiger partial charge in [-0.1, -0.05) is 51.5 Å². The zero-order valence-electron chi connectivity index (χ0n) is 19.1. The van der Waals surface area contributed by atoms with Crippen LogP contribution in [0.3, 0.4) is 0 Å². The van der Waals surface area contributed by atoms with Crippen LogP contribution in [0.25, 0.3) is 22.4 Å². The summed E-state index contributed by atoms with van der Waals surface area (Å²) in [7, 11) is 0. The predicted octanol–water partition coefficient (Wildman–Crippen LogP) is 6.73. The first-order valence-corrected chi connectivity index (χ1v) is 11.5. The third-order valence-corrected chi connectivity index (χ3v) is 6.66. The molecular formula is C26H29F3N2O2. The van der Waals surface area contributed by atoms with Crippen LogP contribution in [-0.2, 0) is 22.3 Å². The van der Waals surface area contributed by atoms with Gasteiger partial charge in [-0.2, -0.15) is 13.2 Å². The molecule has 0 saturated heterocycles. The molecule has 1 heterocycles. The number of benzene rings is 2. The van der Waals surface area contributed by atoms with Crippen molar-refractivity contribution in [1.29, 1.82) is 0 Å². The quantitative estimate of drug-likeness (QED) is 0.398. The number of hydrogen-bond donors (Lipinski definition) is 0. The Bertz CT molecular complexity index is 1120. The monoisotopic (exact) mass is 458 g/mol. The number of hydrogen-bond acceptors (Lipinski definition) is 3. The minimum Gasteiger partial charge on any atom is -0.461 e. The first-order chi connectivity index (χ1) is 15.6. The summed E-state index contributed by atoms with van der Waals surface area (Å²) in [6.45, 7) is 6.46. The van der Waals surface area contributed by atoms with Gasteiger partial charge >= 0.3 is 12.1 Å². The van der Waals surface area contributed by atoms with Crippen molar-refractivity contribution in [2.45, 2.75) is 58.9 Å². The molecular weight excluding hydrogens is 429 g/mol. The molecule has 1 saturated carbocycles. The Hall–Kier alpha value is -2.83. The second-order valence-corrected chi connectivity index (χ2v) is 9.44. The van der Waals surface area contributed by atoms with Gasteiger partial charge in [-0.15, -0.1) is 0 Å². The Morgan fingerprint density at radius 3 is 2.48 bits per heavy atom. The standard InChI is InChI=1S/C26H29F3N2O2/c1-16(2)20-13-8-17(3)14-23(20)33-24(32)15-31-22-7-5-4-6-21(22)30-25(31)18-9-11-19(12-10-18)26(27,28)29/h4-7,9-12,16-17,20,23H,8,13-15H2,1-3H3. The third-order valence-electron chi connectivity index (χ3n) is 6.66. The number of fused-ring (bicyclic) bond motifs is 1. The highest BCUT2D eigenvalue weighted by atomic mass is 19.4. The van der Waals surface area contributed by atoms with E-state index in [0.29, 0.717) is 34.7 Å². The number of carbonyl (C=O) groups is 1. The Morgan fingerprint density at radius 2 is 1.82 bits per heavy atom. The van der Waals surface area contributed by atoms with Crippen LogP contribution in [0, 0.1) is 17.8 Å². The van der Waals surface area contributed by atoms with E-state index in [2.05, 4.69) is 25.8 Å². The molecule has 7 heteroatoms. The molecule has 0 amide bonds. The van der Waals surface area contributed by atoms with Gasteiger partial charge in [0, 0.05) is 5.56 Å². The number of esters is 1. The van der Waals surface area contributed by atoms with E-state index in [1.165, 1.54) is 12.1 Å². The number of aromatic nitrogens is 2. The molecule has 3 unspecified atom stereocenters. The van der Waals surface area contributed by atoms with Crippen molar-refractivity contribution in [3.8, 4) is 11.4 Å². The Kier molecular flexibility index (Phi) is 6.50. The maximum Gasteiger partial charge on any atom is 0.416 e. The van der Waals surface area contributed by atoms with Crippen LogP contribution in [-0.4, -0.2) is 21.6 Å². The highest BCUT2D eigenvalue weighted by Crippen LogP contribution is 2.36. The van der Waals surface area contributed by atoms with Crippen LogP contribution in [0.5, 0.6) is 0 Å². The van der Waals surface area contributed by atoms with E-state index < -0.39 is 11.7 Å².